The van der Waals surface area contributed by atoms with Crippen molar-refractivity contribution in [2.24, 2.45) is 0 Å². The number of para-hydroxylation sites is 1. The summed E-state index contributed by atoms with van der Waals surface area (Å²) in [7, 11) is 0. The van der Waals surface area contributed by atoms with Crippen molar-refractivity contribution in [1.82, 2.24) is 9.97 Å². The van der Waals surface area contributed by atoms with Crippen molar-refractivity contribution in [1.29, 1.82) is 0 Å². The van der Waals surface area contributed by atoms with Gasteiger partial charge in [0.05, 0.1) is 16.6 Å². The maximum absolute atomic E-state index is 5.25. The van der Waals surface area contributed by atoms with E-state index in [1.165, 1.54) is 55.3 Å². The van der Waals surface area contributed by atoms with Gasteiger partial charge >= 0.3 is 0 Å². The molecule has 2 nitrogen and oxygen atoms in total. The molecule has 2 aliphatic carbocycles. The van der Waals surface area contributed by atoms with Crippen LogP contribution in [0.5, 0.6) is 0 Å². The van der Waals surface area contributed by atoms with Crippen molar-refractivity contribution in [3.63, 3.8) is 0 Å². The van der Waals surface area contributed by atoms with Crippen molar-refractivity contribution in [3.8, 4) is 44.9 Å². The molecule has 10 rings (SSSR count). The SMILES string of the molecule is c1ccc(-c2nc(-c3ccc4c(c3)C3(c5ccccc5-c5ccccc53)c3cc5ccccc5cc3-4)nc3ccccc23)cc1. The second-order valence-corrected chi connectivity index (χ2v) is 12.1. The van der Waals surface area contributed by atoms with E-state index in [9.17, 15) is 0 Å². The van der Waals surface area contributed by atoms with Crippen molar-refractivity contribution in [3.05, 3.63) is 180 Å². The Morgan fingerprint density at radius 3 is 1.76 bits per heavy atom. The molecule has 208 valence electrons. The molecule has 0 bridgehead atoms. The van der Waals surface area contributed by atoms with Crippen LogP contribution in [0.15, 0.2) is 158 Å². The molecule has 7 aromatic carbocycles. The molecule has 0 unspecified atom stereocenters. The molecule has 0 saturated carbocycles. The lowest BCUT2D eigenvalue weighted by atomic mass is 9.70. The molecule has 1 heterocycles. The lowest BCUT2D eigenvalue weighted by molar-refractivity contribution is 0.795. The van der Waals surface area contributed by atoms with Gasteiger partial charge in [-0.1, -0.05) is 133 Å². The van der Waals surface area contributed by atoms with Crippen LogP contribution < -0.4 is 0 Å². The van der Waals surface area contributed by atoms with Gasteiger partial charge in [-0.25, -0.2) is 9.97 Å². The molecule has 0 N–H and O–H groups in total. The molecule has 0 amide bonds. The Morgan fingerprint density at radius 2 is 0.978 bits per heavy atom. The van der Waals surface area contributed by atoms with Crippen LogP contribution in [0.2, 0.25) is 0 Å². The molecule has 1 aromatic heterocycles. The number of fused-ring (bicyclic) bond motifs is 12. The second kappa shape index (κ2) is 9.07. The first kappa shape index (κ1) is 24.6. The van der Waals surface area contributed by atoms with Crippen LogP contribution in [0.25, 0.3) is 66.6 Å². The monoisotopic (exact) mass is 570 g/mol. The van der Waals surface area contributed by atoms with E-state index in [0.29, 0.717) is 0 Å². The Balaban J connectivity index is 1.30. The van der Waals surface area contributed by atoms with Gasteiger partial charge in [0, 0.05) is 16.5 Å². The van der Waals surface area contributed by atoms with Crippen LogP contribution in [0, 0.1) is 0 Å². The average molecular weight is 571 g/mol. The van der Waals surface area contributed by atoms with E-state index in [0.717, 1.165) is 33.5 Å². The summed E-state index contributed by atoms with van der Waals surface area (Å²) in [5.74, 6) is 0.742. The van der Waals surface area contributed by atoms with Gasteiger partial charge in [0.25, 0.3) is 0 Å². The summed E-state index contributed by atoms with van der Waals surface area (Å²) in [4.78, 5) is 10.4. The minimum atomic E-state index is -0.434. The fourth-order valence-electron chi connectivity index (χ4n) is 7.98. The van der Waals surface area contributed by atoms with Crippen LogP contribution in [0.3, 0.4) is 0 Å². The maximum atomic E-state index is 5.25. The van der Waals surface area contributed by atoms with Crippen LogP contribution in [0.1, 0.15) is 22.3 Å². The number of hydrogen-bond acceptors (Lipinski definition) is 2. The van der Waals surface area contributed by atoms with E-state index in [4.69, 9.17) is 9.97 Å². The van der Waals surface area contributed by atoms with E-state index in [-0.39, 0.29) is 0 Å². The van der Waals surface area contributed by atoms with Crippen LogP contribution in [0.4, 0.5) is 0 Å². The Kier molecular flexibility index (Phi) is 4.95. The van der Waals surface area contributed by atoms with Gasteiger partial charge in [0.1, 0.15) is 0 Å². The molecule has 8 aromatic rings. The maximum Gasteiger partial charge on any atom is 0.160 e. The van der Waals surface area contributed by atoms with Gasteiger partial charge in [-0.3, -0.25) is 0 Å². The molecular weight excluding hydrogens is 544 g/mol. The van der Waals surface area contributed by atoms with E-state index in [1.54, 1.807) is 0 Å². The van der Waals surface area contributed by atoms with E-state index in [2.05, 4.69) is 152 Å². The molecular formula is C43H26N2. The largest absolute Gasteiger partial charge is 0.228 e. The number of aromatic nitrogens is 2. The zero-order valence-corrected chi connectivity index (χ0v) is 24.4. The standard InChI is InChI=1S/C43H26N2/c1-2-12-27(13-3-1)41-34-18-8-11-21-40(34)44-42(45-41)30-22-23-33-35-24-28-14-4-5-15-29(28)25-39(35)43(38(33)26-30)36-19-9-6-16-31(36)32-17-7-10-20-37(32)43/h1-26H. The first-order valence-corrected chi connectivity index (χ1v) is 15.5. The molecule has 2 heteroatoms. The lowest BCUT2D eigenvalue weighted by Crippen LogP contribution is -2.26. The molecule has 0 atom stereocenters. The predicted octanol–water partition coefficient (Wildman–Crippen LogP) is 10.5. The molecule has 45 heavy (non-hydrogen) atoms. The lowest BCUT2D eigenvalue weighted by Gasteiger charge is -2.31. The Hall–Kier alpha value is -5.86. The number of rotatable bonds is 2. The normalized spacial score (nSPS) is 13.5. The molecule has 0 fully saturated rings. The average Bonchev–Trinajstić information content (AvgIpc) is 3.57. The Morgan fingerprint density at radius 1 is 0.378 bits per heavy atom. The topological polar surface area (TPSA) is 25.8 Å². The number of benzene rings is 7. The molecule has 0 aliphatic heterocycles. The molecule has 0 saturated heterocycles. The third-order valence-electron chi connectivity index (χ3n) is 9.86. The zero-order valence-electron chi connectivity index (χ0n) is 24.4. The number of nitrogens with zero attached hydrogens (tertiary/aromatic N) is 2. The third kappa shape index (κ3) is 3.29. The summed E-state index contributed by atoms with van der Waals surface area (Å²) < 4.78 is 0. The highest BCUT2D eigenvalue weighted by molar-refractivity contribution is 6.00. The predicted molar refractivity (Wildman–Crippen MR) is 184 cm³/mol. The summed E-state index contributed by atoms with van der Waals surface area (Å²) in [6, 6.07) is 57.1. The smallest absolute Gasteiger partial charge is 0.160 e. The van der Waals surface area contributed by atoms with Crippen molar-refractivity contribution in [2.45, 2.75) is 5.41 Å². The Labute approximate surface area is 261 Å². The van der Waals surface area contributed by atoms with E-state index >= 15 is 0 Å². The first-order chi connectivity index (χ1) is 22.3. The molecule has 0 radical (unpaired) electrons. The van der Waals surface area contributed by atoms with Gasteiger partial charge in [0.15, 0.2) is 5.82 Å². The highest BCUT2D eigenvalue weighted by atomic mass is 14.9. The molecule has 1 spiro atoms. The van der Waals surface area contributed by atoms with E-state index < -0.39 is 5.41 Å². The fourth-order valence-corrected chi connectivity index (χ4v) is 7.98. The Bertz CT molecular complexity index is 2450. The summed E-state index contributed by atoms with van der Waals surface area (Å²) >= 11 is 0. The zero-order chi connectivity index (χ0) is 29.5. The highest BCUT2D eigenvalue weighted by Gasteiger charge is 2.51. The van der Waals surface area contributed by atoms with Gasteiger partial charge in [-0.05, 0) is 79.5 Å². The summed E-state index contributed by atoms with van der Waals surface area (Å²) in [5, 5.41) is 3.58. The summed E-state index contributed by atoms with van der Waals surface area (Å²) in [5.41, 5.74) is 14.1. The van der Waals surface area contributed by atoms with Crippen molar-refractivity contribution in [2.75, 3.05) is 0 Å². The van der Waals surface area contributed by atoms with Crippen molar-refractivity contribution >= 4 is 21.7 Å². The van der Waals surface area contributed by atoms with Gasteiger partial charge in [0.2, 0.25) is 0 Å². The summed E-state index contributed by atoms with van der Waals surface area (Å²) in [6.45, 7) is 0. The number of hydrogen-bond donors (Lipinski definition) is 0. The quantitative estimate of drug-likeness (QED) is 0.207. The second-order valence-electron chi connectivity index (χ2n) is 12.1. The fraction of sp³-hybridized carbons (Fsp3) is 0.0233. The summed E-state index contributed by atoms with van der Waals surface area (Å²) in [6.07, 6.45) is 0. The first-order valence-electron chi connectivity index (χ1n) is 15.5. The van der Waals surface area contributed by atoms with Gasteiger partial charge in [-0.15, -0.1) is 0 Å². The minimum Gasteiger partial charge on any atom is -0.228 e. The van der Waals surface area contributed by atoms with Gasteiger partial charge < -0.3 is 0 Å². The highest BCUT2D eigenvalue weighted by Crippen LogP contribution is 2.63. The van der Waals surface area contributed by atoms with Gasteiger partial charge in [-0.2, -0.15) is 0 Å². The third-order valence-corrected chi connectivity index (χ3v) is 9.86. The molecule has 2 aliphatic rings. The van der Waals surface area contributed by atoms with Crippen molar-refractivity contribution < 1.29 is 0 Å². The van der Waals surface area contributed by atoms with Crippen LogP contribution in [-0.4, -0.2) is 9.97 Å². The minimum absolute atomic E-state index is 0.434. The van der Waals surface area contributed by atoms with Crippen LogP contribution in [-0.2, 0) is 5.41 Å². The van der Waals surface area contributed by atoms with Crippen LogP contribution >= 0.6 is 0 Å². The van der Waals surface area contributed by atoms with E-state index in [1.807, 2.05) is 6.07 Å².